The highest BCUT2D eigenvalue weighted by Gasteiger charge is 2.45. The van der Waals surface area contributed by atoms with Gasteiger partial charge in [-0.1, -0.05) is 6.42 Å². The molecule has 2 saturated carbocycles. The van der Waals surface area contributed by atoms with E-state index in [1.165, 1.54) is 58.2 Å². The molecule has 2 heteroatoms. The smallest absolute Gasteiger partial charge is 0.0111 e. The van der Waals surface area contributed by atoms with Gasteiger partial charge in [-0.3, -0.25) is 0 Å². The van der Waals surface area contributed by atoms with Gasteiger partial charge >= 0.3 is 0 Å². The summed E-state index contributed by atoms with van der Waals surface area (Å²) in [5, 5.41) is 0. The molecule has 1 aliphatic heterocycles. The lowest BCUT2D eigenvalue weighted by atomic mass is 9.84. The predicted molar refractivity (Wildman–Crippen MR) is 62.6 cm³/mol. The van der Waals surface area contributed by atoms with Crippen molar-refractivity contribution in [3.63, 3.8) is 0 Å². The van der Waals surface area contributed by atoms with Crippen LogP contribution in [0, 0.1) is 17.8 Å². The van der Waals surface area contributed by atoms with Crippen LogP contribution in [0.2, 0.25) is 0 Å². The zero-order valence-electron chi connectivity index (χ0n) is 9.70. The number of piperidine rings is 1. The number of hydrogen-bond donors (Lipinski definition) is 1. The number of rotatable bonds is 2. The SMILES string of the molecule is NC1C2CCC(C2)C1CN1CCCCC1. The van der Waals surface area contributed by atoms with Gasteiger partial charge in [0.05, 0.1) is 0 Å². The van der Waals surface area contributed by atoms with Crippen molar-refractivity contribution in [3.8, 4) is 0 Å². The van der Waals surface area contributed by atoms with Gasteiger partial charge in [0.15, 0.2) is 0 Å². The molecule has 86 valence electrons. The largest absolute Gasteiger partial charge is 0.327 e. The van der Waals surface area contributed by atoms with Crippen molar-refractivity contribution in [2.75, 3.05) is 19.6 Å². The Morgan fingerprint density at radius 3 is 2.40 bits per heavy atom. The van der Waals surface area contributed by atoms with Crippen LogP contribution in [-0.2, 0) is 0 Å². The molecule has 0 aromatic rings. The summed E-state index contributed by atoms with van der Waals surface area (Å²) in [6.45, 7) is 3.98. The molecule has 15 heavy (non-hydrogen) atoms. The zero-order valence-corrected chi connectivity index (χ0v) is 9.70. The minimum Gasteiger partial charge on any atom is -0.327 e. The Balaban J connectivity index is 1.58. The van der Waals surface area contributed by atoms with Crippen molar-refractivity contribution in [2.24, 2.45) is 23.5 Å². The minimum absolute atomic E-state index is 0.533. The zero-order chi connectivity index (χ0) is 10.3. The summed E-state index contributed by atoms with van der Waals surface area (Å²) < 4.78 is 0. The first kappa shape index (κ1) is 10.1. The summed E-state index contributed by atoms with van der Waals surface area (Å²) in [6.07, 6.45) is 8.60. The summed E-state index contributed by atoms with van der Waals surface area (Å²) in [5.41, 5.74) is 6.35. The van der Waals surface area contributed by atoms with Crippen LogP contribution in [0.1, 0.15) is 38.5 Å². The average Bonchev–Trinajstić information content (AvgIpc) is 2.84. The lowest BCUT2D eigenvalue weighted by Crippen LogP contribution is -2.44. The van der Waals surface area contributed by atoms with Crippen LogP contribution >= 0.6 is 0 Å². The summed E-state index contributed by atoms with van der Waals surface area (Å²) in [4.78, 5) is 2.68. The maximum Gasteiger partial charge on any atom is 0.0111 e. The fraction of sp³-hybridized carbons (Fsp3) is 1.00. The van der Waals surface area contributed by atoms with Gasteiger partial charge in [-0.05, 0) is 62.9 Å². The first-order valence-corrected chi connectivity index (χ1v) is 6.82. The van der Waals surface area contributed by atoms with E-state index in [2.05, 4.69) is 4.90 Å². The van der Waals surface area contributed by atoms with Crippen molar-refractivity contribution in [3.05, 3.63) is 0 Å². The second-order valence-electron chi connectivity index (χ2n) is 5.94. The molecule has 0 amide bonds. The number of fused-ring (bicyclic) bond motifs is 2. The quantitative estimate of drug-likeness (QED) is 0.750. The third-order valence-electron chi connectivity index (χ3n) is 5.08. The van der Waals surface area contributed by atoms with Gasteiger partial charge < -0.3 is 10.6 Å². The molecular formula is C13H24N2. The number of hydrogen-bond acceptors (Lipinski definition) is 2. The molecule has 2 nitrogen and oxygen atoms in total. The highest BCUT2D eigenvalue weighted by Crippen LogP contribution is 2.47. The third-order valence-corrected chi connectivity index (χ3v) is 5.08. The van der Waals surface area contributed by atoms with Crippen molar-refractivity contribution < 1.29 is 0 Å². The van der Waals surface area contributed by atoms with E-state index in [4.69, 9.17) is 5.73 Å². The van der Waals surface area contributed by atoms with Gasteiger partial charge in [0.2, 0.25) is 0 Å². The van der Waals surface area contributed by atoms with E-state index >= 15 is 0 Å². The van der Waals surface area contributed by atoms with Gasteiger partial charge in [-0.25, -0.2) is 0 Å². The molecule has 4 unspecified atom stereocenters. The normalized spacial score (nSPS) is 46.2. The van der Waals surface area contributed by atoms with Gasteiger partial charge in [0.25, 0.3) is 0 Å². The summed E-state index contributed by atoms with van der Waals surface area (Å²) >= 11 is 0. The first-order chi connectivity index (χ1) is 7.34. The van der Waals surface area contributed by atoms with Gasteiger partial charge in [-0.15, -0.1) is 0 Å². The van der Waals surface area contributed by atoms with E-state index < -0.39 is 0 Å². The molecule has 2 aliphatic carbocycles. The maximum atomic E-state index is 6.35. The molecular weight excluding hydrogens is 184 g/mol. The molecule has 3 rings (SSSR count). The molecule has 1 saturated heterocycles. The van der Waals surface area contributed by atoms with Crippen LogP contribution in [-0.4, -0.2) is 30.6 Å². The molecule has 2 bridgehead atoms. The molecule has 0 radical (unpaired) electrons. The van der Waals surface area contributed by atoms with Crippen molar-refractivity contribution >= 4 is 0 Å². The molecule has 0 aromatic heterocycles. The molecule has 1 heterocycles. The molecule has 4 atom stereocenters. The number of nitrogens with zero attached hydrogens (tertiary/aromatic N) is 1. The predicted octanol–water partition coefficient (Wildman–Crippen LogP) is 1.85. The summed E-state index contributed by atoms with van der Waals surface area (Å²) in [6, 6.07) is 0.533. The Morgan fingerprint density at radius 1 is 1.00 bits per heavy atom. The average molecular weight is 208 g/mol. The standard InChI is InChI=1S/C13H24N2/c14-13-11-5-4-10(8-11)12(13)9-15-6-2-1-3-7-15/h10-13H,1-9,14H2. The van der Waals surface area contributed by atoms with E-state index in [9.17, 15) is 0 Å². The highest BCUT2D eigenvalue weighted by atomic mass is 15.1. The van der Waals surface area contributed by atoms with Crippen LogP contribution in [0.15, 0.2) is 0 Å². The minimum atomic E-state index is 0.533. The van der Waals surface area contributed by atoms with Gasteiger partial charge in [-0.2, -0.15) is 0 Å². The summed E-state index contributed by atoms with van der Waals surface area (Å²) in [5.74, 6) is 2.69. The second kappa shape index (κ2) is 4.06. The lowest BCUT2D eigenvalue weighted by Gasteiger charge is -2.35. The molecule has 3 fully saturated rings. The molecule has 0 aromatic carbocycles. The third kappa shape index (κ3) is 1.83. The lowest BCUT2D eigenvalue weighted by molar-refractivity contribution is 0.153. The topological polar surface area (TPSA) is 29.3 Å². The molecule has 2 N–H and O–H groups in total. The number of nitrogens with two attached hydrogens (primary N) is 1. The Kier molecular flexibility index (Phi) is 2.73. The van der Waals surface area contributed by atoms with Crippen LogP contribution in [0.3, 0.4) is 0 Å². The number of likely N-dealkylation sites (tertiary alicyclic amines) is 1. The van der Waals surface area contributed by atoms with Gasteiger partial charge in [0.1, 0.15) is 0 Å². The van der Waals surface area contributed by atoms with Crippen LogP contribution in [0.5, 0.6) is 0 Å². The molecule has 0 spiro atoms. The van der Waals surface area contributed by atoms with Crippen molar-refractivity contribution in [2.45, 2.75) is 44.6 Å². The second-order valence-corrected chi connectivity index (χ2v) is 5.94. The Bertz CT molecular complexity index is 221. The molecule has 3 aliphatic rings. The van der Waals surface area contributed by atoms with Crippen molar-refractivity contribution in [1.82, 2.24) is 4.90 Å². The van der Waals surface area contributed by atoms with E-state index in [-0.39, 0.29) is 0 Å². The highest BCUT2D eigenvalue weighted by molar-refractivity contribution is 4.99. The summed E-state index contributed by atoms with van der Waals surface area (Å²) in [7, 11) is 0. The Hall–Kier alpha value is -0.0800. The first-order valence-electron chi connectivity index (χ1n) is 6.82. The van der Waals surface area contributed by atoms with E-state index in [1.807, 2.05) is 0 Å². The van der Waals surface area contributed by atoms with E-state index in [0.29, 0.717) is 6.04 Å². The van der Waals surface area contributed by atoms with E-state index in [0.717, 1.165) is 17.8 Å². The monoisotopic (exact) mass is 208 g/mol. The van der Waals surface area contributed by atoms with Crippen LogP contribution in [0.25, 0.3) is 0 Å². The van der Waals surface area contributed by atoms with Gasteiger partial charge in [0, 0.05) is 12.6 Å². The van der Waals surface area contributed by atoms with Crippen LogP contribution < -0.4 is 5.73 Å². The fourth-order valence-corrected chi connectivity index (χ4v) is 4.17. The maximum absolute atomic E-state index is 6.35. The fourth-order valence-electron chi connectivity index (χ4n) is 4.17. The van der Waals surface area contributed by atoms with Crippen molar-refractivity contribution in [1.29, 1.82) is 0 Å². The Labute approximate surface area is 93.2 Å². The van der Waals surface area contributed by atoms with Crippen LogP contribution in [0.4, 0.5) is 0 Å². The Morgan fingerprint density at radius 2 is 1.73 bits per heavy atom. The van der Waals surface area contributed by atoms with E-state index in [1.54, 1.807) is 0 Å².